The minimum absolute atomic E-state index is 0.413. The topological polar surface area (TPSA) is 20.2 Å². The van der Waals surface area contributed by atoms with Crippen LogP contribution in [0.4, 0.5) is 0 Å². The van der Waals surface area contributed by atoms with E-state index in [0.717, 1.165) is 35.7 Å². The van der Waals surface area contributed by atoms with Gasteiger partial charge in [-0.25, -0.2) is 0 Å². The van der Waals surface area contributed by atoms with E-state index >= 15 is 0 Å². The summed E-state index contributed by atoms with van der Waals surface area (Å²) in [7, 11) is 0. The zero-order chi connectivity index (χ0) is 20.9. The van der Waals surface area contributed by atoms with Crippen LogP contribution in [-0.4, -0.2) is 5.11 Å². The number of aromatic hydroxyl groups is 1. The first-order chi connectivity index (χ1) is 13.3. The van der Waals surface area contributed by atoms with Gasteiger partial charge in [-0.1, -0.05) is 105 Å². The van der Waals surface area contributed by atoms with Crippen LogP contribution >= 0.6 is 0 Å². The van der Waals surface area contributed by atoms with E-state index in [1.54, 1.807) is 0 Å². The summed E-state index contributed by atoms with van der Waals surface area (Å²) in [6.07, 6.45) is 15.0. The molecule has 1 N–H and O–H groups in total. The molecule has 1 aromatic rings. The third kappa shape index (κ3) is 11.8. The first-order valence-electron chi connectivity index (χ1n) is 12.1. The molecule has 0 aliphatic heterocycles. The molecule has 1 rings (SSSR count). The molecular weight excluding hydrogens is 340 g/mol. The quantitative estimate of drug-likeness (QED) is 0.318. The standard InChI is InChI=1S/C27H48O/c1-21(2)10-7-11-22(3)12-8-13-23(4)14-9-15-24(5)16-17-26-18-19-27(28)25(6)20-26/h18-24,28H,7-17H2,1-6H3. The second-order valence-electron chi connectivity index (χ2n) is 10.2. The molecule has 0 radical (unpaired) electrons. The normalized spacial score (nSPS) is 15.0. The Balaban J connectivity index is 2.06. The lowest BCUT2D eigenvalue weighted by Gasteiger charge is -2.16. The second kappa shape index (κ2) is 14.1. The molecule has 0 heterocycles. The van der Waals surface area contributed by atoms with E-state index in [2.05, 4.69) is 46.8 Å². The Bertz CT molecular complexity index is 519. The molecule has 162 valence electrons. The van der Waals surface area contributed by atoms with Gasteiger partial charge in [0.2, 0.25) is 0 Å². The van der Waals surface area contributed by atoms with Crippen molar-refractivity contribution in [3.63, 3.8) is 0 Å². The van der Waals surface area contributed by atoms with Crippen molar-refractivity contribution < 1.29 is 5.11 Å². The highest BCUT2D eigenvalue weighted by Gasteiger charge is 2.09. The third-order valence-corrected chi connectivity index (χ3v) is 6.45. The number of benzene rings is 1. The fraction of sp³-hybridized carbons (Fsp3) is 0.778. The number of hydrogen-bond donors (Lipinski definition) is 1. The van der Waals surface area contributed by atoms with Crippen LogP contribution in [0.15, 0.2) is 18.2 Å². The molecule has 1 aromatic carbocycles. The maximum Gasteiger partial charge on any atom is 0.118 e. The van der Waals surface area contributed by atoms with E-state index < -0.39 is 0 Å². The highest BCUT2D eigenvalue weighted by atomic mass is 16.3. The fourth-order valence-corrected chi connectivity index (χ4v) is 4.22. The van der Waals surface area contributed by atoms with Gasteiger partial charge in [0, 0.05) is 0 Å². The Kier molecular flexibility index (Phi) is 12.6. The van der Waals surface area contributed by atoms with Crippen LogP contribution in [0, 0.1) is 30.6 Å². The maximum atomic E-state index is 9.64. The Hall–Kier alpha value is -0.980. The first kappa shape index (κ1) is 25.1. The Morgan fingerprint density at radius 1 is 0.679 bits per heavy atom. The monoisotopic (exact) mass is 388 g/mol. The molecular formula is C27H48O. The third-order valence-electron chi connectivity index (χ3n) is 6.45. The first-order valence-corrected chi connectivity index (χ1v) is 12.1. The van der Waals surface area contributed by atoms with Crippen molar-refractivity contribution >= 4 is 0 Å². The summed E-state index contributed by atoms with van der Waals surface area (Å²) in [4.78, 5) is 0. The molecule has 28 heavy (non-hydrogen) atoms. The van der Waals surface area contributed by atoms with Gasteiger partial charge in [-0.05, 0) is 60.6 Å². The van der Waals surface area contributed by atoms with Crippen molar-refractivity contribution in [2.24, 2.45) is 23.7 Å². The van der Waals surface area contributed by atoms with Gasteiger partial charge in [0.1, 0.15) is 5.75 Å². The number of rotatable bonds is 15. The number of aryl methyl sites for hydroxylation is 2. The Morgan fingerprint density at radius 2 is 1.14 bits per heavy atom. The Morgan fingerprint density at radius 3 is 1.61 bits per heavy atom. The highest BCUT2D eigenvalue weighted by Crippen LogP contribution is 2.24. The van der Waals surface area contributed by atoms with Crippen LogP contribution in [0.25, 0.3) is 0 Å². The van der Waals surface area contributed by atoms with E-state index in [1.807, 2.05) is 13.0 Å². The average molecular weight is 389 g/mol. The van der Waals surface area contributed by atoms with Gasteiger partial charge in [-0.15, -0.1) is 0 Å². The van der Waals surface area contributed by atoms with Gasteiger partial charge in [0.15, 0.2) is 0 Å². The van der Waals surface area contributed by atoms with Crippen molar-refractivity contribution in [2.75, 3.05) is 0 Å². The lowest BCUT2D eigenvalue weighted by molar-refractivity contribution is 0.374. The minimum Gasteiger partial charge on any atom is -0.508 e. The molecule has 3 unspecified atom stereocenters. The summed E-state index contributed by atoms with van der Waals surface area (Å²) in [5, 5.41) is 9.64. The zero-order valence-corrected chi connectivity index (χ0v) is 19.8. The summed E-state index contributed by atoms with van der Waals surface area (Å²) in [5.74, 6) is 3.86. The summed E-state index contributed by atoms with van der Waals surface area (Å²) < 4.78 is 0. The molecule has 0 aliphatic rings. The highest BCUT2D eigenvalue weighted by molar-refractivity contribution is 5.34. The van der Waals surface area contributed by atoms with Gasteiger partial charge in [-0.3, -0.25) is 0 Å². The minimum atomic E-state index is 0.413. The zero-order valence-electron chi connectivity index (χ0n) is 19.8. The smallest absolute Gasteiger partial charge is 0.118 e. The number of phenolic OH excluding ortho intramolecular Hbond substituents is 1. The summed E-state index contributed by atoms with van der Waals surface area (Å²) >= 11 is 0. The van der Waals surface area contributed by atoms with Crippen molar-refractivity contribution in [1.29, 1.82) is 0 Å². The summed E-state index contributed by atoms with van der Waals surface area (Å²) in [5.41, 5.74) is 2.35. The second-order valence-corrected chi connectivity index (χ2v) is 10.2. The molecule has 0 spiro atoms. The maximum absolute atomic E-state index is 9.64. The van der Waals surface area contributed by atoms with Gasteiger partial charge in [-0.2, -0.15) is 0 Å². The van der Waals surface area contributed by atoms with Crippen LogP contribution in [0.2, 0.25) is 0 Å². The molecule has 3 atom stereocenters. The van der Waals surface area contributed by atoms with E-state index in [1.165, 1.54) is 69.8 Å². The van der Waals surface area contributed by atoms with Crippen molar-refractivity contribution in [3.05, 3.63) is 29.3 Å². The van der Waals surface area contributed by atoms with E-state index in [0.29, 0.717) is 5.75 Å². The number of hydrogen-bond acceptors (Lipinski definition) is 1. The van der Waals surface area contributed by atoms with Crippen molar-refractivity contribution in [2.45, 2.75) is 112 Å². The molecule has 0 saturated heterocycles. The molecule has 0 amide bonds. The van der Waals surface area contributed by atoms with Crippen molar-refractivity contribution in [3.8, 4) is 5.75 Å². The van der Waals surface area contributed by atoms with E-state index in [-0.39, 0.29) is 0 Å². The van der Waals surface area contributed by atoms with Crippen LogP contribution in [-0.2, 0) is 6.42 Å². The molecule has 0 aliphatic carbocycles. The van der Waals surface area contributed by atoms with E-state index in [4.69, 9.17) is 0 Å². The lowest BCUT2D eigenvalue weighted by Crippen LogP contribution is -2.02. The SMILES string of the molecule is Cc1cc(CCC(C)CCCC(C)CCCC(C)CCCC(C)C)ccc1O. The largest absolute Gasteiger partial charge is 0.508 e. The average Bonchev–Trinajstić information content (AvgIpc) is 2.62. The molecule has 0 saturated carbocycles. The lowest BCUT2D eigenvalue weighted by atomic mass is 9.90. The van der Waals surface area contributed by atoms with Crippen molar-refractivity contribution in [1.82, 2.24) is 0 Å². The molecule has 0 aromatic heterocycles. The number of phenols is 1. The molecule has 0 fully saturated rings. The Labute approximate surface area is 176 Å². The van der Waals surface area contributed by atoms with Crippen LogP contribution in [0.1, 0.15) is 110 Å². The molecule has 1 heteroatoms. The summed E-state index contributed by atoms with van der Waals surface area (Å²) in [6, 6.07) is 6.04. The van der Waals surface area contributed by atoms with Gasteiger partial charge >= 0.3 is 0 Å². The molecule has 0 bridgehead atoms. The van der Waals surface area contributed by atoms with Gasteiger partial charge in [0.25, 0.3) is 0 Å². The van der Waals surface area contributed by atoms with Crippen LogP contribution in [0.5, 0.6) is 5.75 Å². The molecule has 1 nitrogen and oxygen atoms in total. The van der Waals surface area contributed by atoms with E-state index in [9.17, 15) is 5.11 Å². The fourth-order valence-electron chi connectivity index (χ4n) is 4.22. The predicted molar refractivity (Wildman–Crippen MR) is 125 cm³/mol. The van der Waals surface area contributed by atoms with Crippen LogP contribution in [0.3, 0.4) is 0 Å². The predicted octanol–water partition coefficient (Wildman–Crippen LogP) is 8.71. The van der Waals surface area contributed by atoms with Crippen LogP contribution < -0.4 is 0 Å². The summed E-state index contributed by atoms with van der Waals surface area (Å²) in [6.45, 7) is 13.9. The van der Waals surface area contributed by atoms with Gasteiger partial charge < -0.3 is 5.11 Å². The van der Waals surface area contributed by atoms with Gasteiger partial charge in [0.05, 0.1) is 0 Å².